The van der Waals surface area contributed by atoms with Crippen LogP contribution in [0.2, 0.25) is 0 Å². The molecule has 1 aliphatic heterocycles. The van der Waals surface area contributed by atoms with Crippen molar-refractivity contribution >= 4 is 5.69 Å². The van der Waals surface area contributed by atoms with Gasteiger partial charge < -0.3 is 10.5 Å². The van der Waals surface area contributed by atoms with Gasteiger partial charge in [0, 0.05) is 5.69 Å². The predicted octanol–water partition coefficient (Wildman–Crippen LogP) is 3.34. The van der Waals surface area contributed by atoms with Crippen molar-refractivity contribution in [2.45, 2.75) is 18.9 Å². The molecule has 0 saturated heterocycles. The van der Waals surface area contributed by atoms with Gasteiger partial charge in [0.1, 0.15) is 11.9 Å². The van der Waals surface area contributed by atoms with E-state index in [1.165, 1.54) is 11.1 Å². The third-order valence-electron chi connectivity index (χ3n) is 3.20. The molecule has 1 heterocycles. The fourth-order valence-electron chi connectivity index (χ4n) is 2.31. The monoisotopic (exact) mass is 225 g/mol. The summed E-state index contributed by atoms with van der Waals surface area (Å²) in [7, 11) is 0. The average molecular weight is 225 g/mol. The zero-order valence-corrected chi connectivity index (χ0v) is 9.60. The molecule has 3 rings (SSSR count). The molecule has 17 heavy (non-hydrogen) atoms. The van der Waals surface area contributed by atoms with Crippen molar-refractivity contribution in [2.75, 3.05) is 5.73 Å². The first-order chi connectivity index (χ1) is 8.33. The number of benzene rings is 2. The van der Waals surface area contributed by atoms with Crippen LogP contribution in [-0.2, 0) is 6.42 Å². The van der Waals surface area contributed by atoms with Gasteiger partial charge in [-0.1, -0.05) is 30.3 Å². The summed E-state index contributed by atoms with van der Waals surface area (Å²) in [5.41, 5.74) is 9.05. The Hall–Kier alpha value is -1.96. The van der Waals surface area contributed by atoms with Crippen molar-refractivity contribution in [3.8, 4) is 5.75 Å². The standard InChI is InChI=1S/C15H15NO/c16-13-7-9-15-12(10-13)6-8-14(17-15)11-4-2-1-3-5-11/h1-5,7,9-10,14H,6,8,16H2. The molecule has 0 aromatic heterocycles. The van der Waals surface area contributed by atoms with Gasteiger partial charge in [0.2, 0.25) is 0 Å². The van der Waals surface area contributed by atoms with Gasteiger partial charge in [-0.05, 0) is 42.2 Å². The second-order valence-electron chi connectivity index (χ2n) is 4.42. The van der Waals surface area contributed by atoms with Gasteiger partial charge in [0.25, 0.3) is 0 Å². The van der Waals surface area contributed by atoms with Gasteiger partial charge >= 0.3 is 0 Å². The molecule has 1 unspecified atom stereocenters. The summed E-state index contributed by atoms with van der Waals surface area (Å²) in [5, 5.41) is 0. The molecule has 0 bridgehead atoms. The van der Waals surface area contributed by atoms with E-state index in [2.05, 4.69) is 24.3 Å². The maximum Gasteiger partial charge on any atom is 0.124 e. The Kier molecular flexibility index (Phi) is 2.48. The highest BCUT2D eigenvalue weighted by Crippen LogP contribution is 2.35. The third-order valence-corrected chi connectivity index (χ3v) is 3.20. The first kappa shape index (κ1) is 10.2. The van der Waals surface area contributed by atoms with Crippen LogP contribution in [0.1, 0.15) is 23.7 Å². The number of anilines is 1. The normalized spacial score (nSPS) is 18.2. The molecule has 0 amide bonds. The minimum Gasteiger partial charge on any atom is -0.485 e. The summed E-state index contributed by atoms with van der Waals surface area (Å²) in [6.07, 6.45) is 2.22. The molecule has 2 heteroatoms. The molecule has 0 aliphatic carbocycles. The molecule has 0 radical (unpaired) electrons. The summed E-state index contributed by atoms with van der Waals surface area (Å²) < 4.78 is 6.02. The smallest absolute Gasteiger partial charge is 0.124 e. The summed E-state index contributed by atoms with van der Waals surface area (Å²) in [6, 6.07) is 16.2. The van der Waals surface area contributed by atoms with E-state index in [-0.39, 0.29) is 6.10 Å². The Morgan fingerprint density at radius 2 is 1.88 bits per heavy atom. The highest BCUT2D eigenvalue weighted by atomic mass is 16.5. The quantitative estimate of drug-likeness (QED) is 0.755. The Morgan fingerprint density at radius 1 is 1.06 bits per heavy atom. The number of rotatable bonds is 1. The first-order valence-electron chi connectivity index (χ1n) is 5.93. The molecule has 2 aromatic rings. The summed E-state index contributed by atoms with van der Waals surface area (Å²) >= 11 is 0. The van der Waals surface area contributed by atoms with E-state index in [9.17, 15) is 0 Å². The molecule has 1 atom stereocenters. The van der Waals surface area contributed by atoms with Gasteiger partial charge in [-0.15, -0.1) is 0 Å². The van der Waals surface area contributed by atoms with Gasteiger partial charge in [0.05, 0.1) is 0 Å². The van der Waals surface area contributed by atoms with E-state index in [0.29, 0.717) is 0 Å². The lowest BCUT2D eigenvalue weighted by atomic mass is 9.97. The summed E-state index contributed by atoms with van der Waals surface area (Å²) in [5.74, 6) is 0.972. The van der Waals surface area contributed by atoms with Crippen LogP contribution in [0.4, 0.5) is 5.69 Å². The van der Waals surface area contributed by atoms with Crippen LogP contribution in [0.15, 0.2) is 48.5 Å². The average Bonchev–Trinajstić information content (AvgIpc) is 2.39. The van der Waals surface area contributed by atoms with Gasteiger partial charge in [-0.25, -0.2) is 0 Å². The largest absolute Gasteiger partial charge is 0.485 e. The van der Waals surface area contributed by atoms with Crippen molar-refractivity contribution in [1.29, 1.82) is 0 Å². The topological polar surface area (TPSA) is 35.2 Å². The number of nitrogens with two attached hydrogens (primary N) is 1. The van der Waals surface area contributed by atoms with Crippen LogP contribution >= 0.6 is 0 Å². The van der Waals surface area contributed by atoms with E-state index < -0.39 is 0 Å². The number of ether oxygens (including phenoxy) is 1. The predicted molar refractivity (Wildman–Crippen MR) is 69.0 cm³/mol. The van der Waals surface area contributed by atoms with Crippen LogP contribution in [-0.4, -0.2) is 0 Å². The number of fused-ring (bicyclic) bond motifs is 1. The highest BCUT2D eigenvalue weighted by molar-refractivity contribution is 5.49. The highest BCUT2D eigenvalue weighted by Gasteiger charge is 2.20. The van der Waals surface area contributed by atoms with E-state index in [1.54, 1.807) is 0 Å². The zero-order valence-electron chi connectivity index (χ0n) is 9.60. The van der Waals surface area contributed by atoms with Crippen LogP contribution in [0, 0.1) is 0 Å². The third kappa shape index (κ3) is 1.98. The molecule has 2 aromatic carbocycles. The molecular weight excluding hydrogens is 210 g/mol. The van der Waals surface area contributed by atoms with Gasteiger partial charge in [-0.3, -0.25) is 0 Å². The minimum atomic E-state index is 0.173. The van der Waals surface area contributed by atoms with Crippen molar-refractivity contribution in [3.63, 3.8) is 0 Å². The maximum absolute atomic E-state index is 6.02. The van der Waals surface area contributed by atoms with Crippen LogP contribution in [0.25, 0.3) is 0 Å². The molecule has 0 spiro atoms. The zero-order chi connectivity index (χ0) is 11.7. The lowest BCUT2D eigenvalue weighted by Gasteiger charge is -2.26. The van der Waals surface area contributed by atoms with Crippen molar-refractivity contribution in [3.05, 3.63) is 59.7 Å². The molecule has 1 aliphatic rings. The molecule has 0 fully saturated rings. The SMILES string of the molecule is Nc1ccc2c(c1)CCC(c1ccccc1)O2. The fourth-order valence-corrected chi connectivity index (χ4v) is 2.31. The number of hydrogen-bond donors (Lipinski definition) is 1. The van der Waals surface area contributed by atoms with E-state index in [4.69, 9.17) is 10.5 Å². The summed E-state index contributed by atoms with van der Waals surface area (Å²) in [6.45, 7) is 0. The number of aryl methyl sites for hydroxylation is 1. The Morgan fingerprint density at radius 3 is 2.71 bits per heavy atom. The first-order valence-corrected chi connectivity index (χ1v) is 5.93. The second-order valence-corrected chi connectivity index (χ2v) is 4.42. The Balaban J connectivity index is 1.88. The van der Waals surface area contributed by atoms with E-state index in [0.717, 1.165) is 24.3 Å². The molecular formula is C15H15NO. The Labute approximate surface area is 101 Å². The minimum absolute atomic E-state index is 0.173. The van der Waals surface area contributed by atoms with Crippen LogP contribution in [0.5, 0.6) is 5.75 Å². The summed E-state index contributed by atoms with van der Waals surface area (Å²) in [4.78, 5) is 0. The van der Waals surface area contributed by atoms with Crippen LogP contribution < -0.4 is 10.5 Å². The lowest BCUT2D eigenvalue weighted by molar-refractivity contribution is 0.176. The maximum atomic E-state index is 6.02. The molecule has 2 N–H and O–H groups in total. The van der Waals surface area contributed by atoms with Crippen LogP contribution in [0.3, 0.4) is 0 Å². The molecule has 86 valence electrons. The van der Waals surface area contributed by atoms with Crippen molar-refractivity contribution < 1.29 is 4.74 Å². The van der Waals surface area contributed by atoms with E-state index in [1.807, 2.05) is 24.3 Å². The molecule has 2 nitrogen and oxygen atoms in total. The lowest BCUT2D eigenvalue weighted by Crippen LogP contribution is -2.15. The number of nitrogen functional groups attached to an aromatic ring is 1. The number of hydrogen-bond acceptors (Lipinski definition) is 2. The fraction of sp³-hybridized carbons (Fsp3) is 0.200. The van der Waals surface area contributed by atoms with Crippen molar-refractivity contribution in [1.82, 2.24) is 0 Å². The Bertz CT molecular complexity index is 522. The second kappa shape index (κ2) is 4.13. The molecule has 0 saturated carbocycles. The van der Waals surface area contributed by atoms with Gasteiger partial charge in [-0.2, -0.15) is 0 Å². The van der Waals surface area contributed by atoms with E-state index >= 15 is 0 Å². The van der Waals surface area contributed by atoms with Gasteiger partial charge in [0.15, 0.2) is 0 Å². The van der Waals surface area contributed by atoms with Crippen molar-refractivity contribution in [2.24, 2.45) is 0 Å².